The molecule has 0 spiro atoms. The van der Waals surface area contributed by atoms with E-state index < -0.39 is 6.61 Å². The maximum absolute atomic E-state index is 12.2. The van der Waals surface area contributed by atoms with Crippen LogP contribution in [0.5, 0.6) is 5.75 Å². The Bertz CT molecular complexity index is 572. The lowest BCUT2D eigenvalue weighted by Crippen LogP contribution is -2.13. The fraction of sp³-hybridized carbons (Fsp3) is 0.250. The van der Waals surface area contributed by atoms with E-state index in [9.17, 15) is 8.78 Å². The fourth-order valence-corrected chi connectivity index (χ4v) is 2.13. The zero-order chi connectivity index (χ0) is 14.5. The molecular weight excluding hydrogens is 260 g/mol. The Hall–Kier alpha value is -1.94. The number of rotatable bonds is 5. The van der Waals surface area contributed by atoms with Gasteiger partial charge < -0.3 is 10.5 Å². The molecule has 0 fully saturated rings. The van der Waals surface area contributed by atoms with Crippen molar-refractivity contribution in [3.63, 3.8) is 0 Å². The number of ether oxygens (including phenoxy) is 1. The highest BCUT2D eigenvalue weighted by atomic mass is 19.3. The van der Waals surface area contributed by atoms with E-state index in [4.69, 9.17) is 5.73 Å². The van der Waals surface area contributed by atoms with Crippen molar-refractivity contribution in [1.82, 2.24) is 0 Å². The molecule has 0 aliphatic heterocycles. The van der Waals surface area contributed by atoms with Crippen molar-refractivity contribution in [2.45, 2.75) is 26.0 Å². The molecule has 0 aliphatic carbocycles. The Morgan fingerprint density at radius 1 is 1.10 bits per heavy atom. The van der Waals surface area contributed by atoms with Gasteiger partial charge in [0.15, 0.2) is 0 Å². The van der Waals surface area contributed by atoms with Crippen LogP contribution >= 0.6 is 0 Å². The van der Waals surface area contributed by atoms with Gasteiger partial charge >= 0.3 is 6.61 Å². The van der Waals surface area contributed by atoms with Gasteiger partial charge in [0.2, 0.25) is 0 Å². The van der Waals surface area contributed by atoms with Gasteiger partial charge in [-0.1, -0.05) is 42.0 Å². The van der Waals surface area contributed by atoms with Crippen LogP contribution in [0.4, 0.5) is 8.78 Å². The lowest BCUT2D eigenvalue weighted by molar-refractivity contribution is -0.0498. The third kappa shape index (κ3) is 4.03. The number of hydrogen-bond donors (Lipinski definition) is 1. The molecule has 2 aromatic carbocycles. The van der Waals surface area contributed by atoms with Crippen LogP contribution in [0.1, 0.15) is 22.7 Å². The topological polar surface area (TPSA) is 35.2 Å². The molecule has 2 rings (SSSR count). The lowest BCUT2D eigenvalue weighted by atomic mass is 9.98. The Labute approximate surface area is 117 Å². The summed E-state index contributed by atoms with van der Waals surface area (Å²) in [7, 11) is 0. The van der Waals surface area contributed by atoms with Crippen molar-refractivity contribution in [2.24, 2.45) is 5.73 Å². The first-order chi connectivity index (χ1) is 9.54. The fourth-order valence-electron chi connectivity index (χ4n) is 2.13. The first-order valence-corrected chi connectivity index (χ1v) is 6.40. The molecule has 0 saturated carbocycles. The molecule has 0 amide bonds. The largest absolute Gasteiger partial charge is 0.435 e. The number of alkyl halides is 2. The monoisotopic (exact) mass is 277 g/mol. The molecule has 1 atom stereocenters. The van der Waals surface area contributed by atoms with E-state index in [2.05, 4.69) is 10.8 Å². The maximum atomic E-state index is 12.2. The molecule has 0 saturated heterocycles. The number of aryl methyl sites for hydroxylation is 1. The predicted octanol–water partition coefficient (Wildman–Crippen LogP) is 3.84. The van der Waals surface area contributed by atoms with Crippen LogP contribution in [0.25, 0.3) is 0 Å². The van der Waals surface area contributed by atoms with E-state index in [-0.39, 0.29) is 11.8 Å². The smallest absolute Gasteiger partial charge is 0.387 e. The molecule has 0 radical (unpaired) electrons. The maximum Gasteiger partial charge on any atom is 0.387 e. The van der Waals surface area contributed by atoms with Gasteiger partial charge in [-0.05, 0) is 36.6 Å². The van der Waals surface area contributed by atoms with Crippen LogP contribution in [0.15, 0.2) is 48.5 Å². The van der Waals surface area contributed by atoms with E-state index in [0.29, 0.717) is 6.42 Å². The highest BCUT2D eigenvalue weighted by molar-refractivity contribution is 5.32. The average molecular weight is 277 g/mol. The van der Waals surface area contributed by atoms with Gasteiger partial charge in [-0.25, -0.2) is 0 Å². The number of benzene rings is 2. The minimum Gasteiger partial charge on any atom is -0.435 e. The first kappa shape index (κ1) is 14.5. The molecule has 4 heteroatoms. The van der Waals surface area contributed by atoms with E-state index in [1.54, 1.807) is 12.1 Å². The molecule has 1 unspecified atom stereocenters. The van der Waals surface area contributed by atoms with Crippen LogP contribution in [-0.2, 0) is 6.42 Å². The predicted molar refractivity (Wildman–Crippen MR) is 74.9 cm³/mol. The molecule has 20 heavy (non-hydrogen) atoms. The molecule has 0 bridgehead atoms. The minimum absolute atomic E-state index is 0.136. The molecule has 0 aliphatic rings. The lowest BCUT2D eigenvalue weighted by Gasteiger charge is -2.14. The average Bonchev–Trinajstić information content (AvgIpc) is 2.38. The normalized spacial score (nSPS) is 12.4. The summed E-state index contributed by atoms with van der Waals surface area (Å²) in [6.07, 6.45) is 0.653. The van der Waals surface area contributed by atoms with E-state index in [0.717, 1.165) is 11.1 Å². The second-order valence-corrected chi connectivity index (χ2v) is 4.75. The van der Waals surface area contributed by atoms with Crippen LogP contribution in [-0.4, -0.2) is 6.61 Å². The van der Waals surface area contributed by atoms with Gasteiger partial charge in [-0.3, -0.25) is 0 Å². The zero-order valence-electron chi connectivity index (χ0n) is 11.2. The van der Waals surface area contributed by atoms with Gasteiger partial charge in [0, 0.05) is 6.04 Å². The number of halogens is 2. The molecule has 106 valence electrons. The van der Waals surface area contributed by atoms with Crippen molar-refractivity contribution >= 4 is 0 Å². The molecule has 0 aromatic heterocycles. The summed E-state index contributed by atoms with van der Waals surface area (Å²) in [6.45, 7) is -0.801. The third-order valence-corrected chi connectivity index (χ3v) is 3.05. The standard InChI is InChI=1S/C16H17F2NO/c1-11-4-2-5-12(8-11)9-15(19)13-6-3-7-14(10-13)20-16(17)18/h2-8,10,15-16H,9,19H2,1H3. The summed E-state index contributed by atoms with van der Waals surface area (Å²) < 4.78 is 28.8. The summed E-state index contributed by atoms with van der Waals surface area (Å²) in [4.78, 5) is 0. The van der Waals surface area contributed by atoms with E-state index >= 15 is 0 Å². The van der Waals surface area contributed by atoms with Crippen LogP contribution in [0.2, 0.25) is 0 Å². The van der Waals surface area contributed by atoms with Crippen LogP contribution in [0.3, 0.4) is 0 Å². The zero-order valence-corrected chi connectivity index (χ0v) is 11.2. The van der Waals surface area contributed by atoms with Crippen molar-refractivity contribution in [1.29, 1.82) is 0 Å². The molecule has 2 nitrogen and oxygen atoms in total. The highest BCUT2D eigenvalue weighted by Crippen LogP contribution is 2.22. The first-order valence-electron chi connectivity index (χ1n) is 6.40. The Balaban J connectivity index is 2.10. The quantitative estimate of drug-likeness (QED) is 0.901. The molecule has 0 heterocycles. The molecular formula is C16H17F2NO. The summed E-state index contributed by atoms with van der Waals surface area (Å²) in [5, 5.41) is 0. The van der Waals surface area contributed by atoms with Crippen LogP contribution < -0.4 is 10.5 Å². The molecule has 2 aromatic rings. The molecule has 2 N–H and O–H groups in total. The third-order valence-electron chi connectivity index (χ3n) is 3.05. The summed E-state index contributed by atoms with van der Waals surface area (Å²) in [5.74, 6) is 0.136. The van der Waals surface area contributed by atoms with Gasteiger partial charge in [0.1, 0.15) is 5.75 Å². The van der Waals surface area contributed by atoms with E-state index in [1.807, 2.05) is 31.2 Å². The van der Waals surface area contributed by atoms with Crippen molar-refractivity contribution in [3.05, 3.63) is 65.2 Å². The van der Waals surface area contributed by atoms with Gasteiger partial charge in [0.05, 0.1) is 0 Å². The second kappa shape index (κ2) is 6.48. The van der Waals surface area contributed by atoms with Crippen LogP contribution in [0, 0.1) is 6.92 Å². The Morgan fingerprint density at radius 2 is 1.85 bits per heavy atom. The van der Waals surface area contributed by atoms with Crippen molar-refractivity contribution in [3.8, 4) is 5.75 Å². The number of hydrogen-bond acceptors (Lipinski definition) is 2. The summed E-state index contributed by atoms with van der Waals surface area (Å²) >= 11 is 0. The van der Waals surface area contributed by atoms with Crippen molar-refractivity contribution in [2.75, 3.05) is 0 Å². The Morgan fingerprint density at radius 3 is 2.55 bits per heavy atom. The Kier molecular flexibility index (Phi) is 4.69. The highest BCUT2D eigenvalue weighted by Gasteiger charge is 2.10. The van der Waals surface area contributed by atoms with E-state index in [1.165, 1.54) is 11.6 Å². The second-order valence-electron chi connectivity index (χ2n) is 4.75. The number of nitrogens with two attached hydrogens (primary N) is 1. The SMILES string of the molecule is Cc1cccc(CC(N)c2cccc(OC(F)F)c2)c1. The van der Waals surface area contributed by atoms with Gasteiger partial charge in [0.25, 0.3) is 0 Å². The van der Waals surface area contributed by atoms with Gasteiger partial charge in [-0.2, -0.15) is 8.78 Å². The summed E-state index contributed by atoms with van der Waals surface area (Å²) in [6, 6.07) is 14.4. The minimum atomic E-state index is -2.82. The van der Waals surface area contributed by atoms with Crippen molar-refractivity contribution < 1.29 is 13.5 Å². The van der Waals surface area contributed by atoms with Gasteiger partial charge in [-0.15, -0.1) is 0 Å². The summed E-state index contributed by atoms with van der Waals surface area (Å²) in [5.41, 5.74) is 9.21.